The first-order chi connectivity index (χ1) is 15.8. The molecule has 8 heteroatoms. The maximum Gasteiger partial charge on any atom is 0.254 e. The summed E-state index contributed by atoms with van der Waals surface area (Å²) in [5.74, 6) is -3.51. The highest BCUT2D eigenvalue weighted by Crippen LogP contribution is 2.14. The van der Waals surface area contributed by atoms with Gasteiger partial charge in [-0.1, -0.05) is 42.5 Å². The van der Waals surface area contributed by atoms with E-state index in [2.05, 4.69) is 10.6 Å². The van der Waals surface area contributed by atoms with Crippen LogP contribution in [-0.4, -0.2) is 35.7 Å². The number of carbonyl (C=O) groups excluding carboxylic acids is 3. The van der Waals surface area contributed by atoms with E-state index in [-0.39, 0.29) is 18.7 Å². The molecule has 0 radical (unpaired) electrons. The van der Waals surface area contributed by atoms with Gasteiger partial charge in [-0.15, -0.1) is 0 Å². The van der Waals surface area contributed by atoms with Crippen molar-refractivity contribution < 1.29 is 23.2 Å². The number of amides is 3. The molecule has 0 aliphatic carbocycles. The van der Waals surface area contributed by atoms with Gasteiger partial charge in [0.15, 0.2) is 0 Å². The lowest BCUT2D eigenvalue weighted by Crippen LogP contribution is -2.42. The summed E-state index contributed by atoms with van der Waals surface area (Å²) in [6.07, 6.45) is 0. The lowest BCUT2D eigenvalue weighted by Gasteiger charge is -2.22. The van der Waals surface area contributed by atoms with Crippen molar-refractivity contribution in [3.8, 4) is 0 Å². The zero-order valence-electron chi connectivity index (χ0n) is 18.0. The maximum atomic E-state index is 13.6. The highest BCUT2D eigenvalue weighted by atomic mass is 19.1. The van der Waals surface area contributed by atoms with E-state index < -0.39 is 35.9 Å². The molecule has 170 valence electrons. The number of benzene rings is 3. The minimum atomic E-state index is -0.893. The molecule has 0 fully saturated rings. The lowest BCUT2D eigenvalue weighted by atomic mass is 10.1. The molecule has 0 aliphatic rings. The van der Waals surface area contributed by atoms with Crippen LogP contribution in [0, 0.1) is 18.6 Å². The van der Waals surface area contributed by atoms with Gasteiger partial charge in [0.25, 0.3) is 5.91 Å². The zero-order valence-corrected chi connectivity index (χ0v) is 18.0. The monoisotopic (exact) mass is 451 g/mol. The molecule has 33 heavy (non-hydrogen) atoms. The first kappa shape index (κ1) is 23.6. The summed E-state index contributed by atoms with van der Waals surface area (Å²) in [5, 5.41) is 5.14. The highest BCUT2D eigenvalue weighted by molar-refractivity contribution is 5.98. The van der Waals surface area contributed by atoms with Gasteiger partial charge in [-0.3, -0.25) is 14.4 Å². The second kappa shape index (κ2) is 11.0. The zero-order chi connectivity index (χ0) is 23.8. The second-order valence-corrected chi connectivity index (χ2v) is 7.50. The molecule has 0 saturated heterocycles. The Labute approximate surface area is 190 Å². The van der Waals surface area contributed by atoms with E-state index in [1.54, 1.807) is 48.5 Å². The number of hydrogen-bond acceptors (Lipinski definition) is 3. The first-order valence-electron chi connectivity index (χ1n) is 10.2. The van der Waals surface area contributed by atoms with Gasteiger partial charge < -0.3 is 15.5 Å². The Balaban J connectivity index is 1.66. The Morgan fingerprint density at radius 2 is 1.55 bits per heavy atom. The molecule has 2 N–H and O–H groups in total. The molecule has 0 aliphatic heterocycles. The van der Waals surface area contributed by atoms with Gasteiger partial charge in [-0.25, -0.2) is 8.78 Å². The van der Waals surface area contributed by atoms with E-state index in [1.807, 2.05) is 13.0 Å². The number of nitrogens with one attached hydrogen (secondary N) is 2. The van der Waals surface area contributed by atoms with Gasteiger partial charge in [0.05, 0.1) is 6.54 Å². The molecule has 0 heterocycles. The van der Waals surface area contributed by atoms with Gasteiger partial charge in [-0.05, 0) is 42.3 Å². The van der Waals surface area contributed by atoms with E-state index in [1.165, 1.54) is 0 Å². The fourth-order valence-corrected chi connectivity index (χ4v) is 3.20. The average molecular weight is 451 g/mol. The van der Waals surface area contributed by atoms with Crippen molar-refractivity contribution in [1.29, 1.82) is 0 Å². The van der Waals surface area contributed by atoms with E-state index in [0.29, 0.717) is 11.8 Å². The van der Waals surface area contributed by atoms with Crippen LogP contribution in [0.25, 0.3) is 0 Å². The summed E-state index contributed by atoms with van der Waals surface area (Å²) in [5.41, 5.74) is 2.09. The van der Waals surface area contributed by atoms with Crippen LogP contribution in [-0.2, 0) is 16.1 Å². The predicted molar refractivity (Wildman–Crippen MR) is 120 cm³/mol. The van der Waals surface area contributed by atoms with E-state index in [9.17, 15) is 23.2 Å². The van der Waals surface area contributed by atoms with Crippen LogP contribution < -0.4 is 10.6 Å². The quantitative estimate of drug-likeness (QED) is 0.549. The highest BCUT2D eigenvalue weighted by Gasteiger charge is 2.21. The second-order valence-electron chi connectivity index (χ2n) is 7.50. The van der Waals surface area contributed by atoms with E-state index in [4.69, 9.17) is 0 Å². The minimum absolute atomic E-state index is 0.0424. The van der Waals surface area contributed by atoms with E-state index >= 15 is 0 Å². The maximum absolute atomic E-state index is 13.6. The number of anilines is 1. The molecule has 0 saturated carbocycles. The van der Waals surface area contributed by atoms with Gasteiger partial charge in [0.2, 0.25) is 11.8 Å². The number of halogens is 2. The van der Waals surface area contributed by atoms with Crippen LogP contribution in [0.15, 0.2) is 72.8 Å². The molecule has 0 spiro atoms. The van der Waals surface area contributed by atoms with Crippen LogP contribution in [0.5, 0.6) is 0 Å². The Morgan fingerprint density at radius 3 is 2.21 bits per heavy atom. The van der Waals surface area contributed by atoms with Crippen molar-refractivity contribution in [2.45, 2.75) is 13.5 Å². The number of aryl methyl sites for hydroxylation is 1. The van der Waals surface area contributed by atoms with Crippen molar-refractivity contribution in [3.05, 3.63) is 101 Å². The molecule has 3 aromatic carbocycles. The lowest BCUT2D eigenvalue weighted by molar-refractivity contribution is -0.124. The van der Waals surface area contributed by atoms with Crippen molar-refractivity contribution in [3.63, 3.8) is 0 Å². The summed E-state index contributed by atoms with van der Waals surface area (Å²) in [6, 6.07) is 18.6. The van der Waals surface area contributed by atoms with Crippen LogP contribution in [0.4, 0.5) is 14.5 Å². The Bertz CT molecular complexity index is 1130. The summed E-state index contributed by atoms with van der Waals surface area (Å²) in [6.45, 7) is 1.24. The largest absolute Gasteiger partial charge is 0.345 e. The average Bonchev–Trinajstić information content (AvgIpc) is 2.77. The molecule has 3 amide bonds. The molecule has 0 aromatic heterocycles. The third-order valence-corrected chi connectivity index (χ3v) is 4.70. The summed E-state index contributed by atoms with van der Waals surface area (Å²) in [4.78, 5) is 38.7. The Morgan fingerprint density at radius 1 is 0.848 bits per heavy atom. The molecule has 3 aromatic rings. The standard InChI is InChI=1S/C25H23F2N3O3/c1-17-6-5-9-22(10-17)29-23(31)14-28-24(32)16-30(15-18-7-3-2-4-8-18)25(33)19-11-20(26)13-21(27)12-19/h2-13H,14-16H2,1H3,(H,28,32)(H,29,31). The van der Waals surface area contributed by atoms with Crippen LogP contribution in [0.2, 0.25) is 0 Å². The molecule has 6 nitrogen and oxygen atoms in total. The third-order valence-electron chi connectivity index (χ3n) is 4.70. The van der Waals surface area contributed by atoms with Gasteiger partial charge in [0, 0.05) is 23.9 Å². The van der Waals surface area contributed by atoms with Crippen molar-refractivity contribution >= 4 is 23.4 Å². The van der Waals surface area contributed by atoms with Crippen molar-refractivity contribution in [1.82, 2.24) is 10.2 Å². The number of nitrogens with zero attached hydrogens (tertiary/aromatic N) is 1. The Hall–Kier alpha value is -4.07. The Kier molecular flexibility index (Phi) is 7.86. The third kappa shape index (κ3) is 7.24. The normalized spacial score (nSPS) is 10.4. The fraction of sp³-hybridized carbons (Fsp3) is 0.160. The van der Waals surface area contributed by atoms with Gasteiger partial charge in [0.1, 0.15) is 18.2 Å². The summed E-state index contributed by atoms with van der Waals surface area (Å²) >= 11 is 0. The number of carbonyl (C=O) groups is 3. The molecule has 0 bridgehead atoms. The molecular weight excluding hydrogens is 428 g/mol. The molecule has 0 atom stereocenters. The van der Waals surface area contributed by atoms with Crippen molar-refractivity contribution in [2.75, 3.05) is 18.4 Å². The smallest absolute Gasteiger partial charge is 0.254 e. The summed E-state index contributed by atoms with van der Waals surface area (Å²) in [7, 11) is 0. The topological polar surface area (TPSA) is 78.5 Å². The number of hydrogen-bond donors (Lipinski definition) is 2. The predicted octanol–water partition coefficient (Wildman–Crippen LogP) is 3.67. The molecule has 0 unspecified atom stereocenters. The molecular formula is C25H23F2N3O3. The number of rotatable bonds is 8. The summed E-state index contributed by atoms with van der Waals surface area (Å²) < 4.78 is 27.2. The SMILES string of the molecule is Cc1cccc(NC(=O)CNC(=O)CN(Cc2ccccc2)C(=O)c2cc(F)cc(F)c2)c1. The van der Waals surface area contributed by atoms with Crippen LogP contribution in [0.3, 0.4) is 0 Å². The van der Waals surface area contributed by atoms with Gasteiger partial charge >= 0.3 is 0 Å². The van der Waals surface area contributed by atoms with E-state index in [0.717, 1.165) is 28.2 Å². The van der Waals surface area contributed by atoms with Gasteiger partial charge in [-0.2, -0.15) is 0 Å². The fourth-order valence-electron chi connectivity index (χ4n) is 3.20. The van der Waals surface area contributed by atoms with Crippen molar-refractivity contribution in [2.24, 2.45) is 0 Å². The molecule has 3 rings (SSSR count). The minimum Gasteiger partial charge on any atom is -0.345 e. The first-order valence-corrected chi connectivity index (χ1v) is 10.2. The van der Waals surface area contributed by atoms with Crippen LogP contribution in [0.1, 0.15) is 21.5 Å². The van der Waals surface area contributed by atoms with Crippen LogP contribution >= 0.6 is 0 Å².